The highest BCUT2D eigenvalue weighted by Crippen LogP contribution is 2.19. The van der Waals surface area contributed by atoms with Gasteiger partial charge in [0.25, 0.3) is 0 Å². The average Bonchev–Trinajstić information content (AvgIpc) is 2.69. The Morgan fingerprint density at radius 2 is 2.00 bits per heavy atom. The molecule has 1 aromatic heterocycles. The Kier molecular flexibility index (Phi) is 3.50. The van der Waals surface area contributed by atoms with Gasteiger partial charge in [-0.3, -0.25) is 0 Å². The number of nitrogens with two attached hydrogens (primary N) is 1. The van der Waals surface area contributed by atoms with Crippen LogP contribution in [0.1, 0.15) is 30.6 Å². The van der Waals surface area contributed by atoms with Crippen LogP contribution in [-0.2, 0) is 0 Å². The summed E-state index contributed by atoms with van der Waals surface area (Å²) in [6, 6.07) is 8.19. The summed E-state index contributed by atoms with van der Waals surface area (Å²) in [6.07, 6.45) is 2.75. The highest BCUT2D eigenvalue weighted by atomic mass is 35.5. The van der Waals surface area contributed by atoms with E-state index in [9.17, 15) is 0 Å². The second-order valence-electron chi connectivity index (χ2n) is 4.11. The van der Waals surface area contributed by atoms with Gasteiger partial charge < -0.3 is 5.73 Å². The van der Waals surface area contributed by atoms with Crippen molar-refractivity contribution in [3.63, 3.8) is 0 Å². The van der Waals surface area contributed by atoms with Gasteiger partial charge in [0, 0.05) is 12.2 Å². The molecule has 1 aromatic carbocycles. The first kappa shape index (κ1) is 12.1. The molecule has 4 heteroatoms. The molecule has 0 aliphatic rings. The maximum absolute atomic E-state index is 5.98. The smallest absolute Gasteiger partial charge is 0.0819 e. The first-order valence-corrected chi connectivity index (χ1v) is 6.07. The second kappa shape index (κ2) is 4.90. The summed E-state index contributed by atoms with van der Waals surface area (Å²) in [6.45, 7) is 3.97. The van der Waals surface area contributed by atoms with E-state index in [1.165, 1.54) is 0 Å². The Bertz CT molecular complexity index is 482. The molecule has 90 valence electrons. The van der Waals surface area contributed by atoms with Gasteiger partial charge in [-0.2, -0.15) is 5.10 Å². The van der Waals surface area contributed by atoms with Gasteiger partial charge in [0.2, 0.25) is 0 Å². The summed E-state index contributed by atoms with van der Waals surface area (Å²) in [5.41, 5.74) is 8.94. The fourth-order valence-corrected chi connectivity index (χ4v) is 1.81. The molecule has 0 spiro atoms. The predicted molar refractivity (Wildman–Crippen MR) is 70.5 cm³/mol. The average molecular weight is 250 g/mol. The largest absolute Gasteiger partial charge is 0.324 e. The van der Waals surface area contributed by atoms with E-state index in [0.29, 0.717) is 5.02 Å². The molecule has 1 heterocycles. The zero-order valence-corrected chi connectivity index (χ0v) is 10.8. The van der Waals surface area contributed by atoms with Crippen molar-refractivity contribution in [2.45, 2.75) is 26.3 Å². The van der Waals surface area contributed by atoms with Crippen LogP contribution in [0.3, 0.4) is 0 Å². The van der Waals surface area contributed by atoms with E-state index in [0.717, 1.165) is 23.4 Å². The van der Waals surface area contributed by atoms with E-state index < -0.39 is 0 Å². The van der Waals surface area contributed by atoms with Gasteiger partial charge in [-0.15, -0.1) is 0 Å². The number of hydrogen-bond acceptors (Lipinski definition) is 2. The first-order chi connectivity index (χ1) is 8.11. The lowest BCUT2D eigenvalue weighted by molar-refractivity contribution is 0.698. The summed E-state index contributed by atoms with van der Waals surface area (Å²) in [7, 11) is 0. The highest BCUT2D eigenvalue weighted by Gasteiger charge is 2.06. The lowest BCUT2D eigenvalue weighted by Crippen LogP contribution is -2.08. The molecule has 2 N–H and O–H groups in total. The lowest BCUT2D eigenvalue weighted by Gasteiger charge is -2.09. The van der Waals surface area contributed by atoms with Crippen molar-refractivity contribution in [3.8, 4) is 5.69 Å². The molecule has 0 saturated carbocycles. The van der Waals surface area contributed by atoms with Crippen LogP contribution in [0.25, 0.3) is 5.69 Å². The van der Waals surface area contributed by atoms with Crippen molar-refractivity contribution < 1.29 is 0 Å². The summed E-state index contributed by atoms with van der Waals surface area (Å²) < 4.78 is 1.78. The Balaban J connectivity index is 2.29. The minimum absolute atomic E-state index is 0.104. The van der Waals surface area contributed by atoms with E-state index >= 15 is 0 Å². The molecule has 2 aromatic rings. The van der Waals surface area contributed by atoms with Crippen LogP contribution in [0.15, 0.2) is 30.5 Å². The first-order valence-electron chi connectivity index (χ1n) is 5.69. The number of halogens is 1. The summed E-state index contributed by atoms with van der Waals surface area (Å²) in [5.74, 6) is 0. The van der Waals surface area contributed by atoms with Crippen LogP contribution < -0.4 is 5.73 Å². The maximum atomic E-state index is 5.98. The van der Waals surface area contributed by atoms with Crippen molar-refractivity contribution in [1.29, 1.82) is 0 Å². The molecular weight excluding hydrogens is 234 g/mol. The van der Waals surface area contributed by atoms with Gasteiger partial charge in [-0.25, -0.2) is 4.68 Å². The van der Waals surface area contributed by atoms with Crippen LogP contribution in [-0.4, -0.2) is 9.78 Å². The molecular formula is C13H16ClN3. The highest BCUT2D eigenvalue weighted by molar-refractivity contribution is 6.31. The molecule has 0 radical (unpaired) electrons. The topological polar surface area (TPSA) is 43.8 Å². The van der Waals surface area contributed by atoms with Crippen LogP contribution in [0, 0.1) is 6.92 Å². The number of benzene rings is 1. The van der Waals surface area contributed by atoms with Gasteiger partial charge >= 0.3 is 0 Å². The van der Waals surface area contributed by atoms with Gasteiger partial charge in [0.15, 0.2) is 0 Å². The Morgan fingerprint density at radius 3 is 2.47 bits per heavy atom. The van der Waals surface area contributed by atoms with Gasteiger partial charge in [0.05, 0.1) is 16.4 Å². The van der Waals surface area contributed by atoms with E-state index in [1.807, 2.05) is 37.4 Å². The maximum Gasteiger partial charge on any atom is 0.0819 e. The van der Waals surface area contributed by atoms with E-state index in [-0.39, 0.29) is 6.04 Å². The molecule has 17 heavy (non-hydrogen) atoms. The van der Waals surface area contributed by atoms with Crippen molar-refractivity contribution >= 4 is 11.6 Å². The number of rotatable bonds is 3. The minimum atomic E-state index is 0.104. The Labute approximate surface area is 106 Å². The molecule has 1 unspecified atom stereocenters. The molecule has 0 saturated heterocycles. The van der Waals surface area contributed by atoms with Crippen molar-refractivity contribution in [1.82, 2.24) is 9.78 Å². The van der Waals surface area contributed by atoms with Crippen LogP contribution in [0.2, 0.25) is 5.02 Å². The van der Waals surface area contributed by atoms with Crippen molar-refractivity contribution in [3.05, 3.63) is 46.7 Å². The standard InChI is InChI=1S/C13H16ClN3/c1-3-13(15)10-4-6-11(7-5-10)17-8-12(14)9(2)16-17/h4-8,13H,3,15H2,1-2H3. The third-order valence-electron chi connectivity index (χ3n) is 2.86. The second-order valence-corrected chi connectivity index (χ2v) is 4.52. The monoisotopic (exact) mass is 249 g/mol. The normalized spacial score (nSPS) is 12.7. The molecule has 0 fully saturated rings. The minimum Gasteiger partial charge on any atom is -0.324 e. The fourth-order valence-electron chi connectivity index (χ4n) is 1.68. The number of aromatic nitrogens is 2. The molecule has 0 aliphatic carbocycles. The summed E-state index contributed by atoms with van der Waals surface area (Å²) in [4.78, 5) is 0. The fraction of sp³-hybridized carbons (Fsp3) is 0.308. The molecule has 0 amide bonds. The van der Waals surface area contributed by atoms with Crippen LogP contribution >= 0.6 is 11.6 Å². The third-order valence-corrected chi connectivity index (χ3v) is 3.24. The zero-order chi connectivity index (χ0) is 12.4. The van der Waals surface area contributed by atoms with Gasteiger partial charge in [-0.05, 0) is 31.0 Å². The van der Waals surface area contributed by atoms with E-state index in [4.69, 9.17) is 17.3 Å². The summed E-state index contributed by atoms with van der Waals surface area (Å²) >= 11 is 5.98. The van der Waals surface area contributed by atoms with Crippen molar-refractivity contribution in [2.75, 3.05) is 0 Å². The molecule has 2 rings (SSSR count). The Hall–Kier alpha value is -1.32. The van der Waals surface area contributed by atoms with Crippen LogP contribution in [0.4, 0.5) is 0 Å². The molecule has 0 bridgehead atoms. The number of aryl methyl sites for hydroxylation is 1. The SMILES string of the molecule is CCC(N)c1ccc(-n2cc(Cl)c(C)n2)cc1. The lowest BCUT2D eigenvalue weighted by atomic mass is 10.1. The van der Waals surface area contributed by atoms with E-state index in [1.54, 1.807) is 4.68 Å². The molecule has 0 aliphatic heterocycles. The summed E-state index contributed by atoms with van der Waals surface area (Å²) in [5, 5.41) is 5.01. The molecule has 3 nitrogen and oxygen atoms in total. The van der Waals surface area contributed by atoms with E-state index in [2.05, 4.69) is 12.0 Å². The van der Waals surface area contributed by atoms with Crippen molar-refractivity contribution in [2.24, 2.45) is 5.73 Å². The van der Waals surface area contributed by atoms with Crippen LogP contribution in [0.5, 0.6) is 0 Å². The van der Waals surface area contributed by atoms with Gasteiger partial charge in [-0.1, -0.05) is 30.7 Å². The predicted octanol–water partition coefficient (Wildman–Crippen LogP) is 3.24. The third kappa shape index (κ3) is 2.51. The molecule has 1 atom stereocenters. The quantitative estimate of drug-likeness (QED) is 0.908. The van der Waals surface area contributed by atoms with Gasteiger partial charge in [0.1, 0.15) is 0 Å². The Morgan fingerprint density at radius 1 is 1.35 bits per heavy atom. The number of nitrogens with zero attached hydrogens (tertiary/aromatic N) is 2. The zero-order valence-electron chi connectivity index (χ0n) is 10.0. The number of hydrogen-bond donors (Lipinski definition) is 1.